The molecular weight excluding hydrogens is 652 g/mol. The Morgan fingerprint density at radius 1 is 0.961 bits per heavy atom. The van der Waals surface area contributed by atoms with Crippen LogP contribution in [0.15, 0.2) is 16.7 Å². The van der Waals surface area contributed by atoms with Gasteiger partial charge in [-0.25, -0.2) is 4.79 Å². The van der Waals surface area contributed by atoms with Crippen LogP contribution in [-0.4, -0.2) is 78.2 Å². The predicted molar refractivity (Wildman–Crippen MR) is 183 cm³/mol. The van der Waals surface area contributed by atoms with Gasteiger partial charge >= 0.3 is 11.9 Å². The maximum absolute atomic E-state index is 15.0. The fourth-order valence-corrected chi connectivity index (χ4v) is 13.6. The fraction of sp³-hybridized carbons (Fsp3) is 0.825. The van der Waals surface area contributed by atoms with E-state index in [0.29, 0.717) is 18.9 Å². The SMILES string of the molecule is CC1(C)OC2CC(=O)OCC23C1C(=O)C(O)C1(C2CCCCC2)C3CCC2(C)C(c3ccoc3CCCCCCC3CNCN3)OC(=O)C3OC321. The first-order valence-corrected chi connectivity index (χ1v) is 20.0. The third kappa shape index (κ3) is 4.56. The monoisotopic (exact) mass is 708 g/mol. The number of hydrogen-bond donors (Lipinski definition) is 3. The number of hydrogen-bond acceptors (Lipinski definition) is 11. The second-order valence-corrected chi connectivity index (χ2v) is 18.0. The van der Waals surface area contributed by atoms with E-state index in [9.17, 15) is 14.7 Å². The highest BCUT2D eigenvalue weighted by atomic mass is 16.7. The number of fused-ring (bicyclic) bond motifs is 1. The molecule has 9 rings (SSSR count). The minimum atomic E-state index is -1.35. The number of rotatable bonds is 9. The number of ether oxygens (including phenoxy) is 4. The van der Waals surface area contributed by atoms with E-state index in [1.54, 1.807) is 6.26 Å². The number of aliphatic hydroxyl groups is 1. The standard InChI is InChI=1S/C40H56N2O9/c1-36(2)31-30(44)32(45)39(23-11-7-6-8-12-23)27(38(31)21-48-29(43)19-28(38)50-36)15-17-37(3)33(49-35(46)34-40(37,39)51-34)25-16-18-47-26(25)14-10-5-4-9-13-24-20-41-22-42-24/h16,18,23-24,27-28,31-34,41-42,45H,4-15,17,19-22H2,1-3H3. The van der Waals surface area contributed by atoms with E-state index in [4.69, 9.17) is 23.4 Å². The normalized spacial score (nSPS) is 45.6. The molecule has 0 bridgehead atoms. The number of carbonyl (C=O) groups is 3. The smallest absolute Gasteiger partial charge is 0.339 e. The molecule has 6 heterocycles. The average Bonchev–Trinajstić information content (AvgIpc) is 3.36. The highest BCUT2D eigenvalue weighted by Gasteiger charge is 2.92. The van der Waals surface area contributed by atoms with Gasteiger partial charge in [-0.2, -0.15) is 0 Å². The molecule has 5 saturated heterocycles. The van der Waals surface area contributed by atoms with Crippen LogP contribution in [0.25, 0.3) is 0 Å². The van der Waals surface area contributed by atoms with Gasteiger partial charge in [0.15, 0.2) is 11.9 Å². The summed E-state index contributed by atoms with van der Waals surface area (Å²) in [5.41, 5.74) is -3.77. The predicted octanol–water partition coefficient (Wildman–Crippen LogP) is 4.68. The average molecular weight is 709 g/mol. The zero-order chi connectivity index (χ0) is 35.4. The summed E-state index contributed by atoms with van der Waals surface area (Å²) in [6, 6.07) is 2.51. The van der Waals surface area contributed by atoms with Crippen molar-refractivity contribution in [3.05, 3.63) is 23.7 Å². The maximum Gasteiger partial charge on any atom is 0.339 e. The minimum absolute atomic E-state index is 0.0530. The number of epoxide rings is 1. The first kappa shape index (κ1) is 34.5. The number of aryl methyl sites for hydroxylation is 1. The number of furan rings is 1. The molecule has 11 heteroatoms. The molecule has 11 atom stereocenters. The molecule has 11 unspecified atom stereocenters. The van der Waals surface area contributed by atoms with Crippen molar-refractivity contribution in [1.82, 2.24) is 10.6 Å². The lowest BCUT2D eigenvalue weighted by molar-refractivity contribution is -0.275. The number of aliphatic hydroxyl groups excluding tert-OH is 1. The molecule has 8 fully saturated rings. The molecule has 1 aromatic rings. The Bertz CT molecular complexity index is 1560. The first-order chi connectivity index (χ1) is 24.5. The lowest BCUT2D eigenvalue weighted by atomic mass is 9.33. The summed E-state index contributed by atoms with van der Waals surface area (Å²) in [4.78, 5) is 42.0. The quantitative estimate of drug-likeness (QED) is 0.187. The molecule has 11 nitrogen and oxygen atoms in total. The molecule has 3 saturated carbocycles. The fourth-order valence-electron chi connectivity index (χ4n) is 13.6. The Hall–Kier alpha value is -2.31. The number of esters is 2. The summed E-state index contributed by atoms with van der Waals surface area (Å²) in [5, 5.41) is 19.7. The lowest BCUT2D eigenvalue weighted by Crippen LogP contribution is -2.79. The zero-order valence-corrected chi connectivity index (χ0v) is 30.5. The van der Waals surface area contributed by atoms with Crippen molar-refractivity contribution in [2.45, 2.75) is 152 Å². The van der Waals surface area contributed by atoms with Crippen molar-refractivity contribution in [2.24, 2.45) is 34.0 Å². The molecule has 280 valence electrons. The van der Waals surface area contributed by atoms with Crippen molar-refractivity contribution in [3.63, 3.8) is 0 Å². The van der Waals surface area contributed by atoms with Gasteiger partial charge in [0.1, 0.15) is 30.2 Å². The van der Waals surface area contributed by atoms with E-state index in [-0.39, 0.29) is 36.6 Å². The number of unbranched alkanes of at least 4 members (excludes halogenated alkanes) is 3. The third-order valence-electron chi connectivity index (χ3n) is 15.4. The van der Waals surface area contributed by atoms with Crippen molar-refractivity contribution >= 4 is 17.7 Å². The van der Waals surface area contributed by atoms with Gasteiger partial charge in [0, 0.05) is 47.5 Å². The van der Waals surface area contributed by atoms with E-state index in [0.717, 1.165) is 82.3 Å². The largest absolute Gasteiger partial charge is 0.469 e. The molecule has 0 aromatic carbocycles. The molecule has 0 radical (unpaired) electrons. The van der Waals surface area contributed by atoms with Crippen molar-refractivity contribution < 1.29 is 42.9 Å². The molecule has 8 aliphatic rings. The number of nitrogens with one attached hydrogen (secondary N) is 2. The van der Waals surface area contributed by atoms with Crippen LogP contribution in [0.4, 0.5) is 0 Å². The molecule has 51 heavy (non-hydrogen) atoms. The zero-order valence-electron chi connectivity index (χ0n) is 30.5. The van der Waals surface area contributed by atoms with Crippen molar-refractivity contribution in [2.75, 3.05) is 19.8 Å². The van der Waals surface area contributed by atoms with Gasteiger partial charge in [-0.1, -0.05) is 45.4 Å². The van der Waals surface area contributed by atoms with Gasteiger partial charge in [-0.15, -0.1) is 0 Å². The second kappa shape index (κ2) is 12.1. The number of carbonyl (C=O) groups excluding carboxylic acids is 3. The van der Waals surface area contributed by atoms with Crippen molar-refractivity contribution in [3.8, 4) is 0 Å². The lowest BCUT2D eigenvalue weighted by Gasteiger charge is -2.70. The molecule has 3 N–H and O–H groups in total. The number of ketones is 1. The Morgan fingerprint density at radius 3 is 2.55 bits per heavy atom. The van der Waals surface area contributed by atoms with Crippen LogP contribution >= 0.6 is 0 Å². The summed E-state index contributed by atoms with van der Waals surface area (Å²) >= 11 is 0. The van der Waals surface area contributed by atoms with Gasteiger partial charge in [-0.05, 0) is 70.3 Å². The van der Waals surface area contributed by atoms with Crippen LogP contribution in [0, 0.1) is 34.0 Å². The third-order valence-corrected chi connectivity index (χ3v) is 15.4. The number of Topliss-reactive ketones (excluding diaryl/α,β-unsaturated/α-hetero) is 1. The summed E-state index contributed by atoms with van der Waals surface area (Å²) in [6.45, 7) is 8.01. The van der Waals surface area contributed by atoms with Crippen LogP contribution in [0.2, 0.25) is 0 Å². The van der Waals surface area contributed by atoms with E-state index in [1.807, 2.05) is 19.9 Å². The summed E-state index contributed by atoms with van der Waals surface area (Å²) in [5.74, 6) is -1.12. The van der Waals surface area contributed by atoms with E-state index < -0.39 is 63.8 Å². The van der Waals surface area contributed by atoms with Gasteiger partial charge < -0.3 is 39.1 Å². The molecular formula is C40H56N2O9. The van der Waals surface area contributed by atoms with Gasteiger partial charge in [0.25, 0.3) is 0 Å². The van der Waals surface area contributed by atoms with E-state index in [2.05, 4.69) is 17.6 Å². The van der Waals surface area contributed by atoms with E-state index >= 15 is 4.79 Å². The Morgan fingerprint density at radius 2 is 1.76 bits per heavy atom. The van der Waals surface area contributed by atoms with Crippen molar-refractivity contribution in [1.29, 1.82) is 0 Å². The van der Waals surface area contributed by atoms with Crippen LogP contribution in [-0.2, 0) is 39.8 Å². The van der Waals surface area contributed by atoms with Crippen LogP contribution in [0.1, 0.15) is 122 Å². The van der Waals surface area contributed by atoms with Crippen LogP contribution < -0.4 is 10.6 Å². The highest BCUT2D eigenvalue weighted by Crippen LogP contribution is 2.82. The number of cyclic esters (lactones) is 2. The first-order valence-electron chi connectivity index (χ1n) is 20.0. The molecule has 5 aliphatic heterocycles. The topological polar surface area (TPSA) is 149 Å². The van der Waals surface area contributed by atoms with Crippen LogP contribution in [0.5, 0.6) is 0 Å². The Balaban J connectivity index is 1.09. The van der Waals surface area contributed by atoms with Gasteiger partial charge in [-0.3, -0.25) is 9.59 Å². The summed E-state index contributed by atoms with van der Waals surface area (Å²) in [6.07, 6.45) is 10.8. The molecule has 3 aliphatic carbocycles. The van der Waals surface area contributed by atoms with Crippen LogP contribution in [0.3, 0.4) is 0 Å². The summed E-state index contributed by atoms with van der Waals surface area (Å²) < 4.78 is 32.0. The Kier molecular flexibility index (Phi) is 8.18. The second-order valence-electron chi connectivity index (χ2n) is 18.0. The van der Waals surface area contributed by atoms with E-state index in [1.165, 1.54) is 12.8 Å². The summed E-state index contributed by atoms with van der Waals surface area (Å²) in [7, 11) is 0. The molecule has 0 amide bonds. The Labute approximate surface area is 300 Å². The maximum atomic E-state index is 15.0. The molecule has 2 spiro atoms. The highest BCUT2D eigenvalue weighted by molar-refractivity contribution is 5.92. The van der Waals surface area contributed by atoms with Gasteiger partial charge in [0.2, 0.25) is 0 Å². The minimum Gasteiger partial charge on any atom is -0.469 e. The molecule has 1 aromatic heterocycles. The van der Waals surface area contributed by atoms with Gasteiger partial charge in [0.05, 0.1) is 30.3 Å².